The molecule has 3 aromatic rings. The third-order valence-electron chi connectivity index (χ3n) is 4.54. The Labute approximate surface area is 182 Å². The first-order chi connectivity index (χ1) is 14.6. The summed E-state index contributed by atoms with van der Waals surface area (Å²) in [5.41, 5.74) is 0.885. The van der Waals surface area contributed by atoms with E-state index in [0.29, 0.717) is 10.8 Å². The van der Waals surface area contributed by atoms with Gasteiger partial charge in [-0.05, 0) is 54.3 Å². The molecule has 0 unspecified atom stereocenters. The predicted octanol–water partition coefficient (Wildman–Crippen LogP) is 5.39. The van der Waals surface area contributed by atoms with Crippen molar-refractivity contribution in [1.82, 2.24) is 14.8 Å². The molecule has 0 spiro atoms. The Hall–Kier alpha value is -3.07. The van der Waals surface area contributed by atoms with Crippen molar-refractivity contribution < 1.29 is 22.7 Å². The molecule has 0 bridgehead atoms. The number of carbonyl (C=O) groups excluding carboxylic acids is 1. The van der Waals surface area contributed by atoms with Crippen LogP contribution in [0.25, 0.3) is 5.69 Å². The Morgan fingerprint density at radius 2 is 2.00 bits per heavy atom. The highest BCUT2D eigenvalue weighted by molar-refractivity contribution is 6.31. The average molecular weight is 453 g/mol. The lowest BCUT2D eigenvalue weighted by atomic mass is 10.0. The van der Waals surface area contributed by atoms with Crippen LogP contribution in [-0.4, -0.2) is 27.3 Å². The maximum Gasteiger partial charge on any atom is 0.416 e. The summed E-state index contributed by atoms with van der Waals surface area (Å²) in [5.74, 6) is -0.0332. The summed E-state index contributed by atoms with van der Waals surface area (Å²) < 4.78 is 46.4. The van der Waals surface area contributed by atoms with Crippen LogP contribution in [0, 0.1) is 6.92 Å². The number of alkyl halides is 3. The predicted molar refractivity (Wildman–Crippen MR) is 111 cm³/mol. The zero-order valence-electron chi connectivity index (χ0n) is 17.0. The number of carbonyl (C=O) groups is 1. The van der Waals surface area contributed by atoms with Crippen LogP contribution in [0.15, 0.2) is 43.0 Å². The molecule has 0 aliphatic rings. The van der Waals surface area contributed by atoms with E-state index in [4.69, 9.17) is 16.3 Å². The number of halogens is 4. The summed E-state index contributed by atoms with van der Waals surface area (Å²) in [6, 6.07) is 6.49. The van der Waals surface area contributed by atoms with Crippen molar-refractivity contribution in [3.63, 3.8) is 0 Å². The normalized spacial score (nSPS) is 11.6. The van der Waals surface area contributed by atoms with Gasteiger partial charge in [-0.25, -0.2) is 9.67 Å². The zero-order valence-corrected chi connectivity index (χ0v) is 17.8. The molecule has 1 aromatic heterocycles. The number of nitrogens with one attached hydrogen (secondary N) is 1. The van der Waals surface area contributed by atoms with Crippen LogP contribution in [0.4, 0.5) is 18.9 Å². The van der Waals surface area contributed by atoms with E-state index in [2.05, 4.69) is 15.4 Å². The first-order valence-corrected chi connectivity index (χ1v) is 9.73. The second-order valence-electron chi connectivity index (χ2n) is 7.20. The lowest BCUT2D eigenvalue weighted by Gasteiger charge is -2.17. The van der Waals surface area contributed by atoms with Gasteiger partial charge < -0.3 is 10.1 Å². The van der Waals surface area contributed by atoms with E-state index in [9.17, 15) is 18.0 Å². The standard InChI is InChI=1S/C21H20ClF3N4O2/c1-12(2)15-8-16(22)13(3)6-19(15)31-9-20(30)28-17-7-14(21(23,24)25)4-5-18(17)29-11-26-10-27-29/h4-8,10-12H,9H2,1-3H3,(H,28,30). The summed E-state index contributed by atoms with van der Waals surface area (Å²) in [6.45, 7) is 5.34. The van der Waals surface area contributed by atoms with Gasteiger partial charge in [0.2, 0.25) is 0 Å². The fourth-order valence-electron chi connectivity index (χ4n) is 2.92. The van der Waals surface area contributed by atoms with E-state index >= 15 is 0 Å². The first-order valence-electron chi connectivity index (χ1n) is 9.35. The maximum atomic E-state index is 13.2. The number of aryl methyl sites for hydroxylation is 1. The number of hydrogen-bond acceptors (Lipinski definition) is 4. The van der Waals surface area contributed by atoms with Crippen molar-refractivity contribution in [3.8, 4) is 11.4 Å². The molecule has 1 N–H and O–H groups in total. The second-order valence-corrected chi connectivity index (χ2v) is 7.61. The lowest BCUT2D eigenvalue weighted by molar-refractivity contribution is -0.137. The molecule has 0 atom stereocenters. The summed E-state index contributed by atoms with van der Waals surface area (Å²) in [5, 5.41) is 6.98. The van der Waals surface area contributed by atoms with Crippen molar-refractivity contribution in [1.29, 1.82) is 0 Å². The molecule has 0 saturated heterocycles. The van der Waals surface area contributed by atoms with E-state index in [-0.39, 0.29) is 17.3 Å². The number of benzene rings is 2. The van der Waals surface area contributed by atoms with Gasteiger partial charge in [0.1, 0.15) is 18.4 Å². The highest BCUT2D eigenvalue weighted by Gasteiger charge is 2.31. The Kier molecular flexibility index (Phi) is 6.54. The molecule has 0 aliphatic heterocycles. The lowest BCUT2D eigenvalue weighted by Crippen LogP contribution is -2.22. The average Bonchev–Trinajstić information content (AvgIpc) is 3.22. The molecular weight excluding hydrogens is 433 g/mol. The van der Waals surface area contributed by atoms with Gasteiger partial charge in [0.05, 0.1) is 16.9 Å². The number of nitrogens with zero attached hydrogens (tertiary/aromatic N) is 3. The van der Waals surface area contributed by atoms with Crippen LogP contribution >= 0.6 is 11.6 Å². The van der Waals surface area contributed by atoms with Crippen molar-refractivity contribution in [2.45, 2.75) is 32.9 Å². The minimum absolute atomic E-state index is 0.0645. The van der Waals surface area contributed by atoms with Gasteiger partial charge in [0, 0.05) is 5.02 Å². The van der Waals surface area contributed by atoms with Crippen molar-refractivity contribution in [3.05, 3.63) is 64.7 Å². The van der Waals surface area contributed by atoms with Gasteiger partial charge in [-0.15, -0.1) is 0 Å². The van der Waals surface area contributed by atoms with Crippen LogP contribution in [0.2, 0.25) is 5.02 Å². The largest absolute Gasteiger partial charge is 0.483 e. The van der Waals surface area contributed by atoms with Crippen LogP contribution in [0.5, 0.6) is 5.75 Å². The van der Waals surface area contributed by atoms with Gasteiger partial charge in [-0.1, -0.05) is 25.4 Å². The van der Waals surface area contributed by atoms with Gasteiger partial charge in [0.15, 0.2) is 6.61 Å². The molecule has 1 heterocycles. The van der Waals surface area contributed by atoms with Crippen LogP contribution < -0.4 is 10.1 Å². The van der Waals surface area contributed by atoms with Gasteiger partial charge >= 0.3 is 6.18 Å². The molecule has 0 saturated carbocycles. The third kappa shape index (κ3) is 5.35. The molecule has 31 heavy (non-hydrogen) atoms. The number of aromatic nitrogens is 3. The fraction of sp³-hybridized carbons (Fsp3) is 0.286. The molecule has 1 amide bonds. The smallest absolute Gasteiger partial charge is 0.416 e. The molecule has 3 rings (SSSR count). The van der Waals surface area contributed by atoms with E-state index in [1.807, 2.05) is 20.8 Å². The Morgan fingerprint density at radius 1 is 1.26 bits per heavy atom. The number of anilines is 1. The van der Waals surface area contributed by atoms with E-state index in [1.165, 1.54) is 23.4 Å². The third-order valence-corrected chi connectivity index (χ3v) is 4.94. The quantitative estimate of drug-likeness (QED) is 0.544. The molecule has 10 heteroatoms. The van der Waals surface area contributed by atoms with Crippen LogP contribution in [0.3, 0.4) is 0 Å². The molecular formula is C21H20ClF3N4O2. The van der Waals surface area contributed by atoms with Crippen molar-refractivity contribution in [2.75, 3.05) is 11.9 Å². The summed E-state index contributed by atoms with van der Waals surface area (Å²) in [4.78, 5) is 16.3. The van der Waals surface area contributed by atoms with E-state index in [0.717, 1.165) is 23.3 Å². The molecule has 0 radical (unpaired) electrons. The van der Waals surface area contributed by atoms with Crippen LogP contribution in [0.1, 0.15) is 36.5 Å². The maximum absolute atomic E-state index is 13.2. The van der Waals surface area contributed by atoms with E-state index in [1.54, 1.807) is 12.1 Å². The Morgan fingerprint density at radius 3 is 2.61 bits per heavy atom. The first kappa shape index (κ1) is 22.6. The molecule has 0 fully saturated rings. The molecule has 2 aromatic carbocycles. The summed E-state index contributed by atoms with van der Waals surface area (Å²) >= 11 is 6.18. The molecule has 164 valence electrons. The van der Waals surface area contributed by atoms with Crippen molar-refractivity contribution in [2.24, 2.45) is 0 Å². The fourth-order valence-corrected chi connectivity index (χ4v) is 3.09. The highest BCUT2D eigenvalue weighted by Crippen LogP contribution is 2.34. The summed E-state index contributed by atoms with van der Waals surface area (Å²) in [6.07, 6.45) is -2.01. The highest BCUT2D eigenvalue weighted by atomic mass is 35.5. The minimum Gasteiger partial charge on any atom is -0.483 e. The second kappa shape index (κ2) is 8.97. The molecule has 0 aliphatic carbocycles. The van der Waals surface area contributed by atoms with Crippen LogP contribution in [-0.2, 0) is 11.0 Å². The number of hydrogen-bond donors (Lipinski definition) is 1. The summed E-state index contributed by atoms with van der Waals surface area (Å²) in [7, 11) is 0. The van der Waals surface area contributed by atoms with Crippen molar-refractivity contribution >= 4 is 23.2 Å². The Bertz CT molecular complexity index is 1080. The van der Waals surface area contributed by atoms with Gasteiger partial charge in [-0.3, -0.25) is 4.79 Å². The zero-order chi connectivity index (χ0) is 22.8. The topological polar surface area (TPSA) is 69.0 Å². The van der Waals surface area contributed by atoms with Gasteiger partial charge in [0.25, 0.3) is 5.91 Å². The molecule has 6 nitrogen and oxygen atoms in total. The number of amides is 1. The monoisotopic (exact) mass is 452 g/mol. The minimum atomic E-state index is -4.57. The Balaban J connectivity index is 1.83. The number of ether oxygens (including phenoxy) is 1. The van der Waals surface area contributed by atoms with Gasteiger partial charge in [-0.2, -0.15) is 18.3 Å². The number of rotatable bonds is 6. The SMILES string of the molecule is Cc1cc(OCC(=O)Nc2cc(C(F)(F)F)ccc2-n2cncn2)c(C(C)C)cc1Cl. The van der Waals surface area contributed by atoms with E-state index < -0.39 is 24.3 Å².